The lowest BCUT2D eigenvalue weighted by Crippen LogP contribution is -2.49. The van der Waals surface area contributed by atoms with Gasteiger partial charge in [-0.15, -0.1) is 0 Å². The van der Waals surface area contributed by atoms with Gasteiger partial charge < -0.3 is 35.7 Å². The highest BCUT2D eigenvalue weighted by Gasteiger charge is 2.44. The number of aliphatic hydroxyl groups excluding tert-OH is 1. The minimum absolute atomic E-state index is 0.0115. The quantitative estimate of drug-likeness (QED) is 0.101. The highest BCUT2D eigenvalue weighted by molar-refractivity contribution is 5.87. The fourth-order valence-corrected chi connectivity index (χ4v) is 4.89. The third kappa shape index (κ3) is 11.2. The molecule has 240 valence electrons. The molecule has 1 aliphatic carbocycles. The molecule has 1 aromatic carbocycles. The molecule has 0 bridgehead atoms. The maximum absolute atomic E-state index is 14.9. The number of nitrogens with one attached hydrogen (secondary N) is 2. The molecule has 1 aliphatic rings. The molecule has 0 aliphatic heterocycles. The number of hydrogen-bond donors (Lipinski definition) is 5. The van der Waals surface area contributed by atoms with E-state index in [4.69, 9.17) is 20.3 Å². The van der Waals surface area contributed by atoms with Crippen molar-refractivity contribution < 1.29 is 42.9 Å². The van der Waals surface area contributed by atoms with Crippen LogP contribution in [0.1, 0.15) is 44.7 Å². The number of carboxylic acid groups (broad SMARTS) is 1. The minimum atomic E-state index is -3.37. The second-order valence-electron chi connectivity index (χ2n) is 10.9. The normalized spacial score (nSPS) is 21.8. The van der Waals surface area contributed by atoms with Gasteiger partial charge in [0.25, 0.3) is 5.92 Å². The number of nitrogens with zero attached hydrogens (tertiary/aromatic N) is 1. The molecule has 1 aromatic heterocycles. The number of aliphatic hydroxyl groups is 1. The Morgan fingerprint density at radius 3 is 2.66 bits per heavy atom. The van der Waals surface area contributed by atoms with Crippen LogP contribution in [-0.4, -0.2) is 74.8 Å². The standard InChI is InChI=1S/C31H40F2N4O7/c1-20(34)29(41)37-25(15-21-17-35-19-36-21)30(42)44-27-16-26(38)23(11-7-2-3-8-12-28(39)40)24(27)13-14-31(32,33)18-43-22-9-5-4-6-10-22/h2,4-7,9-10,13-14,17,19-20,23-27,38H,3,8,11-12,15-16,18,34H2,1H3,(H,35,36)(H,37,41)(H,39,40)/b7-2-,14-13+/t20?,23-,24-,25?,26+,27-/m1/s1. The molecule has 11 nitrogen and oxygen atoms in total. The van der Waals surface area contributed by atoms with Crippen molar-refractivity contribution in [1.82, 2.24) is 15.3 Å². The first-order valence-corrected chi connectivity index (χ1v) is 14.5. The Kier molecular flexibility index (Phi) is 13.0. The van der Waals surface area contributed by atoms with Gasteiger partial charge in [-0.3, -0.25) is 9.59 Å². The van der Waals surface area contributed by atoms with Gasteiger partial charge in [-0.1, -0.05) is 36.4 Å². The number of esters is 1. The monoisotopic (exact) mass is 618 g/mol. The molecule has 3 rings (SSSR count). The lowest BCUT2D eigenvalue weighted by atomic mass is 9.89. The summed E-state index contributed by atoms with van der Waals surface area (Å²) >= 11 is 0. The van der Waals surface area contributed by atoms with Crippen molar-refractivity contribution in [2.75, 3.05) is 6.61 Å². The van der Waals surface area contributed by atoms with Gasteiger partial charge in [0.15, 0.2) is 6.61 Å². The highest BCUT2D eigenvalue weighted by Crippen LogP contribution is 2.39. The molecule has 2 aromatic rings. The van der Waals surface area contributed by atoms with E-state index < -0.39 is 66.5 Å². The predicted molar refractivity (Wildman–Crippen MR) is 157 cm³/mol. The number of aromatic nitrogens is 2. The largest absolute Gasteiger partial charge is 0.487 e. The number of benzene rings is 1. The topological polar surface area (TPSA) is 177 Å². The third-order valence-electron chi connectivity index (χ3n) is 7.23. The van der Waals surface area contributed by atoms with Gasteiger partial charge in [-0.2, -0.15) is 8.78 Å². The number of carboxylic acids is 1. The van der Waals surface area contributed by atoms with Gasteiger partial charge in [-0.05, 0) is 50.3 Å². The van der Waals surface area contributed by atoms with Crippen LogP contribution in [0.25, 0.3) is 0 Å². The first kappa shape index (κ1) is 34.4. The number of amides is 1. The van der Waals surface area contributed by atoms with Crippen LogP contribution in [0.3, 0.4) is 0 Å². The van der Waals surface area contributed by atoms with Crippen LogP contribution in [0.4, 0.5) is 8.78 Å². The van der Waals surface area contributed by atoms with Crippen LogP contribution in [0.2, 0.25) is 0 Å². The van der Waals surface area contributed by atoms with Crippen molar-refractivity contribution in [3.05, 3.63) is 72.9 Å². The Labute approximate surface area is 254 Å². The van der Waals surface area contributed by atoms with Crippen molar-refractivity contribution in [1.29, 1.82) is 0 Å². The number of rotatable bonds is 17. The Bertz CT molecular complexity index is 1250. The van der Waals surface area contributed by atoms with E-state index in [0.29, 0.717) is 24.6 Å². The number of para-hydroxylation sites is 1. The average Bonchev–Trinajstić information content (AvgIpc) is 3.59. The molecule has 0 radical (unpaired) electrons. The molecule has 0 spiro atoms. The number of halogens is 2. The molecular weight excluding hydrogens is 578 g/mol. The van der Waals surface area contributed by atoms with Crippen LogP contribution in [-0.2, 0) is 25.5 Å². The molecule has 13 heteroatoms. The number of imidazole rings is 1. The fraction of sp³-hybridized carbons (Fsp3) is 0.484. The zero-order valence-corrected chi connectivity index (χ0v) is 24.5. The van der Waals surface area contributed by atoms with E-state index in [1.807, 2.05) is 0 Å². The molecule has 1 amide bonds. The van der Waals surface area contributed by atoms with Crippen LogP contribution in [0.5, 0.6) is 5.75 Å². The zero-order chi connectivity index (χ0) is 32.1. The molecule has 44 heavy (non-hydrogen) atoms. The van der Waals surface area contributed by atoms with E-state index in [1.165, 1.54) is 25.5 Å². The minimum Gasteiger partial charge on any atom is -0.487 e. The van der Waals surface area contributed by atoms with Gasteiger partial charge >= 0.3 is 11.9 Å². The summed E-state index contributed by atoms with van der Waals surface area (Å²) in [5, 5.41) is 22.3. The van der Waals surface area contributed by atoms with Gasteiger partial charge in [0, 0.05) is 37.1 Å². The van der Waals surface area contributed by atoms with Crippen molar-refractivity contribution in [3.63, 3.8) is 0 Å². The summed E-state index contributed by atoms with van der Waals surface area (Å²) in [6.07, 6.45) is 7.67. The maximum Gasteiger partial charge on any atom is 0.329 e. The predicted octanol–water partition coefficient (Wildman–Crippen LogP) is 3.16. The van der Waals surface area contributed by atoms with Crippen LogP contribution in [0.15, 0.2) is 67.2 Å². The summed E-state index contributed by atoms with van der Waals surface area (Å²) in [7, 11) is 0. The number of allylic oxidation sites excluding steroid dienone is 2. The molecule has 2 unspecified atom stereocenters. The summed E-state index contributed by atoms with van der Waals surface area (Å²) in [5.74, 6) is -6.76. The van der Waals surface area contributed by atoms with E-state index in [-0.39, 0.29) is 31.4 Å². The van der Waals surface area contributed by atoms with E-state index in [9.17, 15) is 28.3 Å². The van der Waals surface area contributed by atoms with Gasteiger partial charge in [0.05, 0.1) is 18.5 Å². The summed E-state index contributed by atoms with van der Waals surface area (Å²) in [6.45, 7) is 0.542. The molecule has 1 heterocycles. The number of aromatic amines is 1. The van der Waals surface area contributed by atoms with Crippen molar-refractivity contribution in [3.8, 4) is 5.75 Å². The number of hydrogen-bond acceptors (Lipinski definition) is 8. The van der Waals surface area contributed by atoms with Crippen molar-refractivity contribution in [2.45, 2.75) is 75.7 Å². The van der Waals surface area contributed by atoms with Gasteiger partial charge in [-0.25, -0.2) is 9.78 Å². The number of unbranched alkanes of at least 4 members (excludes halogenated alkanes) is 1. The fourth-order valence-electron chi connectivity index (χ4n) is 4.89. The molecule has 0 saturated heterocycles. The first-order chi connectivity index (χ1) is 20.9. The molecule has 1 fully saturated rings. The third-order valence-corrected chi connectivity index (χ3v) is 7.23. The number of carbonyl (C=O) groups is 3. The average molecular weight is 619 g/mol. The molecule has 6 N–H and O–H groups in total. The summed E-state index contributed by atoms with van der Waals surface area (Å²) in [4.78, 5) is 43.2. The van der Waals surface area contributed by atoms with Crippen LogP contribution < -0.4 is 15.8 Å². The smallest absolute Gasteiger partial charge is 0.329 e. The summed E-state index contributed by atoms with van der Waals surface area (Å²) in [6, 6.07) is 6.14. The van der Waals surface area contributed by atoms with E-state index >= 15 is 0 Å². The summed E-state index contributed by atoms with van der Waals surface area (Å²) < 4.78 is 40.8. The second-order valence-corrected chi connectivity index (χ2v) is 10.9. The van der Waals surface area contributed by atoms with E-state index in [0.717, 1.165) is 0 Å². The van der Waals surface area contributed by atoms with Gasteiger partial charge in [0.2, 0.25) is 5.91 Å². The number of H-pyrrole nitrogens is 1. The summed E-state index contributed by atoms with van der Waals surface area (Å²) in [5.41, 5.74) is 6.22. The van der Waals surface area contributed by atoms with E-state index in [2.05, 4.69) is 15.3 Å². The number of carbonyl (C=O) groups excluding carboxylic acids is 2. The zero-order valence-electron chi connectivity index (χ0n) is 24.5. The lowest BCUT2D eigenvalue weighted by Gasteiger charge is -2.25. The Morgan fingerprint density at radius 1 is 1.25 bits per heavy atom. The molecule has 1 saturated carbocycles. The number of aliphatic carboxylic acids is 1. The number of nitrogens with two attached hydrogens (primary N) is 1. The van der Waals surface area contributed by atoms with Crippen molar-refractivity contribution in [2.24, 2.45) is 17.6 Å². The highest BCUT2D eigenvalue weighted by atomic mass is 19.3. The molecular formula is C31H40F2N4O7. The lowest BCUT2D eigenvalue weighted by molar-refractivity contribution is -0.154. The maximum atomic E-state index is 14.9. The van der Waals surface area contributed by atoms with Crippen LogP contribution >= 0.6 is 0 Å². The van der Waals surface area contributed by atoms with Crippen molar-refractivity contribution >= 4 is 17.8 Å². The molecule has 6 atom stereocenters. The second kappa shape index (κ2) is 16.7. The SMILES string of the molecule is CC(N)C(=O)NC(Cc1cnc[nH]1)C(=O)O[C@@H]1C[C@H](O)[C@H](C/C=C\CCCC(=O)O)[C@H]1/C=C/C(F)(F)COc1ccccc1. The Hall–Kier alpha value is -4.10. The van der Waals surface area contributed by atoms with E-state index in [1.54, 1.807) is 42.5 Å². The Balaban J connectivity index is 1.77. The van der Waals surface area contributed by atoms with Gasteiger partial charge in [0.1, 0.15) is 17.9 Å². The number of alkyl halides is 2. The number of ether oxygens (including phenoxy) is 2. The first-order valence-electron chi connectivity index (χ1n) is 14.5. The van der Waals surface area contributed by atoms with Crippen LogP contribution in [0, 0.1) is 11.8 Å². The Morgan fingerprint density at radius 2 is 2.00 bits per heavy atom.